The lowest BCUT2D eigenvalue weighted by Gasteiger charge is -2.38. The van der Waals surface area contributed by atoms with Crippen LogP contribution in [0.5, 0.6) is 0 Å². The second kappa shape index (κ2) is 9.70. The Morgan fingerprint density at radius 3 is 2.27 bits per heavy atom. The van der Waals surface area contributed by atoms with E-state index in [4.69, 9.17) is 0 Å². The lowest BCUT2D eigenvalue weighted by Crippen LogP contribution is -2.47. The molecule has 0 unspecified atom stereocenters. The predicted molar refractivity (Wildman–Crippen MR) is 106 cm³/mol. The normalized spacial score (nSPS) is 15.3. The van der Waals surface area contributed by atoms with Crippen molar-refractivity contribution in [3.63, 3.8) is 0 Å². The first-order valence-corrected chi connectivity index (χ1v) is 8.95. The van der Waals surface area contributed by atoms with E-state index in [9.17, 15) is 9.18 Å². The molecule has 0 atom stereocenters. The van der Waals surface area contributed by atoms with Gasteiger partial charge < -0.3 is 9.80 Å². The van der Waals surface area contributed by atoms with Crippen LogP contribution in [0.4, 0.5) is 10.1 Å². The van der Waals surface area contributed by atoms with Gasteiger partial charge in [0.15, 0.2) is 0 Å². The number of carbonyl (C=O) groups excluding carboxylic acids is 1. The van der Waals surface area contributed by atoms with Crippen molar-refractivity contribution >= 4 is 24.0 Å². The van der Waals surface area contributed by atoms with Crippen LogP contribution in [-0.2, 0) is 11.2 Å². The van der Waals surface area contributed by atoms with Gasteiger partial charge in [0.1, 0.15) is 5.82 Å². The molecule has 0 radical (unpaired) electrons. The van der Waals surface area contributed by atoms with Crippen LogP contribution in [0.2, 0.25) is 0 Å². The molecule has 1 heterocycles. The van der Waals surface area contributed by atoms with Crippen LogP contribution in [0.15, 0.2) is 54.6 Å². The second-order valence-electron chi connectivity index (χ2n) is 6.67. The third-order valence-electron chi connectivity index (χ3n) is 4.93. The Hall–Kier alpha value is -1.91. The summed E-state index contributed by atoms with van der Waals surface area (Å²) in [6.45, 7) is 4.61. The Labute approximate surface area is 161 Å². The number of benzene rings is 2. The van der Waals surface area contributed by atoms with E-state index in [1.54, 1.807) is 19.1 Å². The van der Waals surface area contributed by atoms with Crippen LogP contribution in [-0.4, -0.2) is 36.5 Å². The molecule has 2 aromatic rings. The highest BCUT2D eigenvalue weighted by Gasteiger charge is 2.27. The average molecular weight is 377 g/mol. The number of halogens is 2. The van der Waals surface area contributed by atoms with E-state index in [-0.39, 0.29) is 30.2 Å². The van der Waals surface area contributed by atoms with Crippen molar-refractivity contribution in [1.82, 2.24) is 4.90 Å². The van der Waals surface area contributed by atoms with Crippen molar-refractivity contribution in [2.75, 3.05) is 24.5 Å². The van der Waals surface area contributed by atoms with E-state index in [1.165, 1.54) is 17.7 Å². The van der Waals surface area contributed by atoms with Gasteiger partial charge in [0.2, 0.25) is 5.91 Å². The lowest BCUT2D eigenvalue weighted by atomic mass is 10.0. The fraction of sp³-hybridized carbons (Fsp3) is 0.381. The van der Waals surface area contributed by atoms with Crippen LogP contribution in [0, 0.1) is 5.82 Å². The Morgan fingerprint density at radius 2 is 1.69 bits per heavy atom. The SMILES string of the molecule is CC(=O)N(c1ccc(F)cc1)C1CCN(CCc2ccccc2)CC1.Cl. The monoisotopic (exact) mass is 376 g/mol. The molecule has 1 saturated heterocycles. The molecule has 26 heavy (non-hydrogen) atoms. The van der Waals surface area contributed by atoms with E-state index in [2.05, 4.69) is 29.2 Å². The summed E-state index contributed by atoms with van der Waals surface area (Å²) < 4.78 is 13.2. The average Bonchev–Trinajstić information content (AvgIpc) is 2.63. The van der Waals surface area contributed by atoms with Gasteiger partial charge in [0, 0.05) is 38.3 Å². The van der Waals surface area contributed by atoms with Crippen molar-refractivity contribution in [3.05, 3.63) is 66.0 Å². The van der Waals surface area contributed by atoms with Gasteiger partial charge in [0.25, 0.3) is 0 Å². The number of carbonyl (C=O) groups is 1. The first-order chi connectivity index (χ1) is 12.1. The Kier molecular flexibility index (Phi) is 7.61. The minimum atomic E-state index is -0.275. The van der Waals surface area contributed by atoms with Gasteiger partial charge in [0.05, 0.1) is 0 Å². The molecule has 1 amide bonds. The van der Waals surface area contributed by atoms with E-state index in [0.29, 0.717) is 0 Å². The van der Waals surface area contributed by atoms with Gasteiger partial charge in [-0.25, -0.2) is 4.39 Å². The van der Waals surface area contributed by atoms with Crippen molar-refractivity contribution in [2.24, 2.45) is 0 Å². The summed E-state index contributed by atoms with van der Waals surface area (Å²) in [5.41, 5.74) is 2.15. The highest BCUT2D eigenvalue weighted by Crippen LogP contribution is 2.24. The molecule has 0 aliphatic carbocycles. The number of likely N-dealkylation sites (tertiary alicyclic amines) is 1. The number of piperidine rings is 1. The minimum Gasteiger partial charge on any atom is -0.310 e. The smallest absolute Gasteiger partial charge is 0.224 e. The van der Waals surface area contributed by atoms with Crippen LogP contribution >= 0.6 is 12.4 Å². The molecule has 1 aliphatic heterocycles. The summed E-state index contributed by atoms with van der Waals surface area (Å²) in [6, 6.07) is 16.9. The number of rotatable bonds is 5. The van der Waals surface area contributed by atoms with E-state index in [1.807, 2.05) is 11.0 Å². The van der Waals surface area contributed by atoms with Crippen LogP contribution in [0.1, 0.15) is 25.3 Å². The fourth-order valence-corrected chi connectivity index (χ4v) is 3.58. The van der Waals surface area contributed by atoms with Crippen molar-refractivity contribution < 1.29 is 9.18 Å². The molecule has 140 valence electrons. The second-order valence-corrected chi connectivity index (χ2v) is 6.67. The van der Waals surface area contributed by atoms with Crippen LogP contribution in [0.25, 0.3) is 0 Å². The summed E-state index contributed by atoms with van der Waals surface area (Å²) in [6.07, 6.45) is 2.96. The summed E-state index contributed by atoms with van der Waals surface area (Å²) in [7, 11) is 0. The summed E-state index contributed by atoms with van der Waals surface area (Å²) in [4.78, 5) is 16.4. The molecule has 0 aromatic heterocycles. The molecule has 3 rings (SSSR count). The van der Waals surface area contributed by atoms with E-state index in [0.717, 1.165) is 44.6 Å². The molecule has 3 nitrogen and oxygen atoms in total. The Morgan fingerprint density at radius 1 is 1.08 bits per heavy atom. The van der Waals surface area contributed by atoms with Crippen molar-refractivity contribution in [3.8, 4) is 0 Å². The fourth-order valence-electron chi connectivity index (χ4n) is 3.58. The first-order valence-electron chi connectivity index (χ1n) is 8.95. The number of hydrogen-bond acceptors (Lipinski definition) is 2. The van der Waals surface area contributed by atoms with Gasteiger partial charge in [-0.1, -0.05) is 30.3 Å². The zero-order valence-corrected chi connectivity index (χ0v) is 15.9. The van der Waals surface area contributed by atoms with Crippen LogP contribution in [0.3, 0.4) is 0 Å². The molecule has 2 aromatic carbocycles. The van der Waals surface area contributed by atoms with Gasteiger partial charge in [-0.05, 0) is 49.1 Å². The first kappa shape index (κ1) is 20.4. The van der Waals surface area contributed by atoms with Crippen molar-refractivity contribution in [2.45, 2.75) is 32.2 Å². The molecule has 0 bridgehead atoms. The maximum absolute atomic E-state index is 13.2. The van der Waals surface area contributed by atoms with Gasteiger partial charge in [-0.2, -0.15) is 0 Å². The predicted octanol–water partition coefficient (Wildman–Crippen LogP) is 4.31. The van der Waals surface area contributed by atoms with Gasteiger partial charge in [-0.3, -0.25) is 4.79 Å². The zero-order chi connectivity index (χ0) is 17.6. The summed E-state index contributed by atoms with van der Waals surface area (Å²) in [5.74, 6) is -0.252. The van der Waals surface area contributed by atoms with E-state index < -0.39 is 0 Å². The van der Waals surface area contributed by atoms with Crippen molar-refractivity contribution in [1.29, 1.82) is 0 Å². The topological polar surface area (TPSA) is 23.6 Å². The number of nitrogens with zero attached hydrogens (tertiary/aromatic N) is 2. The molecular weight excluding hydrogens is 351 g/mol. The standard InChI is InChI=1S/C21H25FN2O.ClH/c1-17(25)24(20-9-7-19(22)8-10-20)21-12-15-23(16-13-21)14-11-18-5-3-2-4-6-18;/h2-10,21H,11-16H2,1H3;1H. The zero-order valence-electron chi connectivity index (χ0n) is 15.1. The van der Waals surface area contributed by atoms with Gasteiger partial charge in [-0.15, -0.1) is 12.4 Å². The highest BCUT2D eigenvalue weighted by atomic mass is 35.5. The molecule has 1 aliphatic rings. The number of anilines is 1. The largest absolute Gasteiger partial charge is 0.310 e. The third-order valence-corrected chi connectivity index (χ3v) is 4.93. The lowest BCUT2D eigenvalue weighted by molar-refractivity contribution is -0.117. The van der Waals surface area contributed by atoms with Gasteiger partial charge >= 0.3 is 0 Å². The molecule has 5 heteroatoms. The third kappa shape index (κ3) is 5.29. The molecule has 0 spiro atoms. The minimum absolute atomic E-state index is 0. The summed E-state index contributed by atoms with van der Waals surface area (Å²) in [5, 5.41) is 0. The Balaban J connectivity index is 0.00000243. The molecule has 1 fully saturated rings. The number of hydrogen-bond donors (Lipinski definition) is 0. The van der Waals surface area contributed by atoms with Crippen LogP contribution < -0.4 is 4.90 Å². The molecular formula is C21H26ClFN2O. The molecule has 0 saturated carbocycles. The summed E-state index contributed by atoms with van der Waals surface area (Å²) >= 11 is 0. The highest BCUT2D eigenvalue weighted by molar-refractivity contribution is 5.92. The maximum Gasteiger partial charge on any atom is 0.224 e. The molecule has 0 N–H and O–H groups in total. The maximum atomic E-state index is 13.2. The van der Waals surface area contributed by atoms with E-state index >= 15 is 0 Å². The Bertz CT molecular complexity index is 685. The number of amides is 1. The quantitative estimate of drug-likeness (QED) is 0.776.